The predicted molar refractivity (Wildman–Crippen MR) is 82.6 cm³/mol. The normalized spacial score (nSPS) is 18.0. The number of rotatable bonds is 6. The molecule has 1 aliphatic rings. The van der Waals surface area contributed by atoms with Gasteiger partial charge in [-0.05, 0) is 19.1 Å². The van der Waals surface area contributed by atoms with Crippen LogP contribution in [-0.4, -0.2) is 43.8 Å². The van der Waals surface area contributed by atoms with Crippen LogP contribution in [0.1, 0.15) is 25.3 Å². The highest BCUT2D eigenvalue weighted by molar-refractivity contribution is 7.90. The molecule has 1 aromatic rings. The van der Waals surface area contributed by atoms with Gasteiger partial charge in [-0.1, -0.05) is 12.1 Å². The van der Waals surface area contributed by atoms with E-state index in [9.17, 15) is 18.0 Å². The van der Waals surface area contributed by atoms with Crippen molar-refractivity contribution in [3.8, 4) is 0 Å². The summed E-state index contributed by atoms with van der Waals surface area (Å²) in [5.74, 6) is -1.11. The number of nitrogens with zero attached hydrogens (tertiary/aromatic N) is 1. The van der Waals surface area contributed by atoms with Crippen molar-refractivity contribution >= 4 is 27.7 Å². The number of benzene rings is 1. The number of carboxylic acids is 1. The van der Waals surface area contributed by atoms with Crippen LogP contribution >= 0.6 is 0 Å². The van der Waals surface area contributed by atoms with Gasteiger partial charge in [0, 0.05) is 18.5 Å². The van der Waals surface area contributed by atoms with Gasteiger partial charge in [0.05, 0.1) is 17.4 Å². The number of aliphatic carboxylic acids is 1. The zero-order valence-corrected chi connectivity index (χ0v) is 13.3. The highest BCUT2D eigenvalue weighted by Crippen LogP contribution is 2.22. The molecule has 1 amide bonds. The minimum absolute atomic E-state index is 0.0347. The number of amidine groups is 1. The number of fused-ring (bicyclic) bond motifs is 1. The molecule has 124 valence electrons. The number of carboxylic acid groups (broad SMARTS) is 1. The number of carbonyl (C=O) groups excluding carboxylic acids is 1. The number of carbonyl (C=O) groups is 2. The quantitative estimate of drug-likeness (QED) is 0.677. The van der Waals surface area contributed by atoms with Crippen LogP contribution in [0, 0.1) is 0 Å². The third kappa shape index (κ3) is 4.28. The standard InChI is InChI=1S/C14H17N3O5S/c1-9(8-12(18)15-7-6-13(19)20)16-14-10-4-2-3-5-11(10)23(21,22)17-14/h2-5,9H,6-8H2,1H3,(H,15,18)(H,16,17)(H,19,20). The van der Waals surface area contributed by atoms with Crippen molar-refractivity contribution < 1.29 is 23.1 Å². The molecule has 0 bridgehead atoms. The maximum Gasteiger partial charge on any atom is 0.305 e. The lowest BCUT2D eigenvalue weighted by Crippen LogP contribution is -2.29. The second kappa shape index (κ2) is 6.78. The average Bonchev–Trinajstić information content (AvgIpc) is 2.70. The second-order valence-electron chi connectivity index (χ2n) is 5.13. The van der Waals surface area contributed by atoms with Gasteiger partial charge in [-0.15, -0.1) is 0 Å². The SMILES string of the molecule is CC(CC(=O)NCCC(=O)O)N=C1NS(=O)(=O)c2ccccc21. The van der Waals surface area contributed by atoms with Crippen molar-refractivity contribution in [1.29, 1.82) is 0 Å². The molecule has 23 heavy (non-hydrogen) atoms. The first-order chi connectivity index (χ1) is 10.8. The molecule has 0 fully saturated rings. The van der Waals surface area contributed by atoms with Crippen LogP contribution in [0.2, 0.25) is 0 Å². The zero-order valence-electron chi connectivity index (χ0n) is 12.4. The molecule has 0 radical (unpaired) electrons. The first kappa shape index (κ1) is 16.9. The summed E-state index contributed by atoms with van der Waals surface area (Å²) in [5, 5.41) is 11.0. The molecule has 8 nitrogen and oxygen atoms in total. The van der Waals surface area contributed by atoms with Crippen molar-refractivity contribution in [2.45, 2.75) is 30.7 Å². The molecule has 1 atom stereocenters. The van der Waals surface area contributed by atoms with Crippen molar-refractivity contribution in [1.82, 2.24) is 10.0 Å². The van der Waals surface area contributed by atoms with Crippen LogP contribution in [0.15, 0.2) is 34.2 Å². The molecule has 0 saturated heterocycles. The summed E-state index contributed by atoms with van der Waals surface area (Å²) < 4.78 is 26.3. The maximum absolute atomic E-state index is 11.9. The van der Waals surface area contributed by atoms with Gasteiger partial charge in [0.15, 0.2) is 0 Å². The smallest absolute Gasteiger partial charge is 0.305 e. The number of sulfonamides is 1. The summed E-state index contributed by atoms with van der Waals surface area (Å²) in [5.41, 5.74) is 0.477. The Bertz CT molecular complexity index is 757. The lowest BCUT2D eigenvalue weighted by Gasteiger charge is -2.08. The summed E-state index contributed by atoms with van der Waals surface area (Å²) in [7, 11) is -3.60. The maximum atomic E-state index is 11.9. The molecular formula is C14H17N3O5S. The van der Waals surface area contributed by atoms with Crippen LogP contribution in [0.4, 0.5) is 0 Å². The van der Waals surface area contributed by atoms with Crippen LogP contribution in [0.25, 0.3) is 0 Å². The second-order valence-corrected chi connectivity index (χ2v) is 6.78. The monoisotopic (exact) mass is 339 g/mol. The van der Waals surface area contributed by atoms with Crippen molar-refractivity contribution in [3.63, 3.8) is 0 Å². The predicted octanol–water partition coefficient (Wildman–Crippen LogP) is 0.0946. The summed E-state index contributed by atoms with van der Waals surface area (Å²) >= 11 is 0. The lowest BCUT2D eigenvalue weighted by atomic mass is 10.2. The fraction of sp³-hybridized carbons (Fsp3) is 0.357. The number of hydrogen-bond acceptors (Lipinski definition) is 5. The summed E-state index contributed by atoms with van der Waals surface area (Å²) in [6.45, 7) is 1.73. The van der Waals surface area contributed by atoms with E-state index in [0.717, 1.165) is 0 Å². The van der Waals surface area contributed by atoms with Crippen LogP contribution < -0.4 is 10.0 Å². The Morgan fingerprint density at radius 1 is 1.35 bits per heavy atom. The van der Waals surface area contributed by atoms with Crippen LogP contribution in [0.5, 0.6) is 0 Å². The molecule has 3 N–H and O–H groups in total. The molecule has 0 aromatic heterocycles. The first-order valence-corrected chi connectivity index (χ1v) is 8.46. The average molecular weight is 339 g/mol. The van der Waals surface area contributed by atoms with E-state index in [2.05, 4.69) is 15.0 Å². The fourth-order valence-electron chi connectivity index (χ4n) is 2.15. The minimum atomic E-state index is -3.60. The van der Waals surface area contributed by atoms with E-state index in [1.54, 1.807) is 25.1 Å². The van der Waals surface area contributed by atoms with Crippen molar-refractivity contribution in [3.05, 3.63) is 29.8 Å². The molecule has 0 aliphatic carbocycles. The van der Waals surface area contributed by atoms with Gasteiger partial charge in [-0.2, -0.15) is 0 Å². The number of nitrogens with one attached hydrogen (secondary N) is 2. The third-order valence-electron chi connectivity index (χ3n) is 3.15. The van der Waals surface area contributed by atoms with E-state index in [1.165, 1.54) is 6.07 Å². The Morgan fingerprint density at radius 2 is 2.04 bits per heavy atom. The Balaban J connectivity index is 2.02. The molecule has 1 aliphatic heterocycles. The molecule has 2 rings (SSSR count). The Hall–Kier alpha value is -2.42. The molecule has 0 saturated carbocycles. The van der Waals surface area contributed by atoms with Crippen LogP contribution in [-0.2, 0) is 19.6 Å². The van der Waals surface area contributed by atoms with Gasteiger partial charge >= 0.3 is 5.97 Å². The van der Waals surface area contributed by atoms with Gasteiger partial charge in [0.2, 0.25) is 5.91 Å². The van der Waals surface area contributed by atoms with Gasteiger partial charge in [0.25, 0.3) is 10.0 Å². The van der Waals surface area contributed by atoms with Crippen molar-refractivity contribution in [2.24, 2.45) is 4.99 Å². The molecular weight excluding hydrogens is 322 g/mol. The number of amides is 1. The summed E-state index contributed by atoms with van der Waals surface area (Å²) in [6.07, 6.45) is -0.116. The first-order valence-electron chi connectivity index (χ1n) is 6.98. The van der Waals surface area contributed by atoms with E-state index < -0.39 is 22.0 Å². The highest BCUT2D eigenvalue weighted by atomic mass is 32.2. The van der Waals surface area contributed by atoms with E-state index in [1.807, 2.05) is 0 Å². The Labute approximate surface area is 133 Å². The summed E-state index contributed by atoms with van der Waals surface area (Å²) in [4.78, 5) is 26.5. The van der Waals surface area contributed by atoms with E-state index in [-0.39, 0.29) is 36.0 Å². The van der Waals surface area contributed by atoms with Gasteiger partial charge in [0.1, 0.15) is 5.84 Å². The number of hydrogen-bond donors (Lipinski definition) is 3. The topological polar surface area (TPSA) is 125 Å². The Morgan fingerprint density at radius 3 is 2.74 bits per heavy atom. The van der Waals surface area contributed by atoms with E-state index in [4.69, 9.17) is 5.11 Å². The van der Waals surface area contributed by atoms with Gasteiger partial charge in [-0.25, -0.2) is 8.42 Å². The molecule has 9 heteroatoms. The molecule has 1 unspecified atom stereocenters. The van der Waals surface area contributed by atoms with Gasteiger partial charge < -0.3 is 10.4 Å². The van der Waals surface area contributed by atoms with E-state index in [0.29, 0.717) is 5.56 Å². The fourth-order valence-corrected chi connectivity index (χ4v) is 3.38. The van der Waals surface area contributed by atoms with Crippen molar-refractivity contribution in [2.75, 3.05) is 6.54 Å². The molecule has 0 spiro atoms. The molecule has 1 aromatic carbocycles. The van der Waals surface area contributed by atoms with Gasteiger partial charge in [-0.3, -0.25) is 19.3 Å². The highest BCUT2D eigenvalue weighted by Gasteiger charge is 2.30. The zero-order chi connectivity index (χ0) is 17.0. The van der Waals surface area contributed by atoms with Crippen LogP contribution in [0.3, 0.4) is 0 Å². The van der Waals surface area contributed by atoms with E-state index >= 15 is 0 Å². The summed E-state index contributed by atoms with van der Waals surface area (Å²) in [6, 6.07) is 6.01. The lowest BCUT2D eigenvalue weighted by molar-refractivity contribution is -0.136. The largest absolute Gasteiger partial charge is 0.481 e. The number of aliphatic imine (C=N–C) groups is 1. The molecule has 1 heterocycles. The third-order valence-corrected chi connectivity index (χ3v) is 4.55. The Kier molecular flexibility index (Phi) is 4.99. The minimum Gasteiger partial charge on any atom is -0.481 e.